The van der Waals surface area contributed by atoms with E-state index in [4.69, 9.17) is 5.11 Å². The Labute approximate surface area is 114 Å². The summed E-state index contributed by atoms with van der Waals surface area (Å²) in [6.07, 6.45) is 2.20. The van der Waals surface area contributed by atoms with Crippen LogP contribution in [0.5, 0.6) is 0 Å². The zero-order chi connectivity index (χ0) is 14.7. The van der Waals surface area contributed by atoms with Gasteiger partial charge in [0.2, 0.25) is 0 Å². The Balaban J connectivity index is 3.15. The van der Waals surface area contributed by atoms with Crippen LogP contribution in [0.2, 0.25) is 0 Å². The molecule has 1 N–H and O–H groups in total. The molecule has 106 valence electrons. The number of hydrogen-bond donors (Lipinski definition) is 1. The molecule has 0 aliphatic carbocycles. The summed E-state index contributed by atoms with van der Waals surface area (Å²) in [5, 5.41) is 9.14. The highest BCUT2D eigenvalue weighted by Crippen LogP contribution is 2.12. The largest absolute Gasteiger partial charge is 0.478 e. The lowest BCUT2D eigenvalue weighted by molar-refractivity contribution is 0.0694. The molecule has 5 nitrogen and oxygen atoms in total. The van der Waals surface area contributed by atoms with E-state index >= 15 is 0 Å². The van der Waals surface area contributed by atoms with Gasteiger partial charge in [0.15, 0.2) is 0 Å². The van der Waals surface area contributed by atoms with E-state index in [1.165, 1.54) is 10.6 Å². The van der Waals surface area contributed by atoms with Gasteiger partial charge in [-0.2, -0.15) is 0 Å². The molecule has 2 atom stereocenters. The molecule has 0 saturated carbocycles. The van der Waals surface area contributed by atoms with Gasteiger partial charge >= 0.3 is 5.97 Å². The van der Waals surface area contributed by atoms with E-state index in [0.717, 1.165) is 0 Å². The molecular formula is C13H19NO4S. The Morgan fingerprint density at radius 3 is 2.53 bits per heavy atom. The first-order valence-electron chi connectivity index (χ1n) is 6.02. The molecule has 0 amide bonds. The number of nitrogens with zero attached hydrogens (tertiary/aromatic N) is 1. The second-order valence-corrected chi connectivity index (χ2v) is 6.48. The van der Waals surface area contributed by atoms with Gasteiger partial charge in [0.1, 0.15) is 0 Å². The van der Waals surface area contributed by atoms with Gasteiger partial charge in [-0.05, 0) is 25.8 Å². The zero-order valence-corrected chi connectivity index (χ0v) is 12.4. The number of pyridine rings is 1. The van der Waals surface area contributed by atoms with Crippen LogP contribution in [0.25, 0.3) is 0 Å². The molecule has 0 aliphatic heterocycles. The van der Waals surface area contributed by atoms with Crippen LogP contribution in [0.15, 0.2) is 10.9 Å². The van der Waals surface area contributed by atoms with Crippen LogP contribution in [0, 0.1) is 13.8 Å². The molecule has 1 heterocycles. The monoisotopic (exact) mass is 285 g/mol. The average Bonchev–Trinajstić information content (AvgIpc) is 2.26. The molecule has 0 fully saturated rings. The second-order valence-electron chi connectivity index (χ2n) is 4.68. The molecule has 0 bridgehead atoms. The minimum Gasteiger partial charge on any atom is -0.478 e. The summed E-state index contributed by atoms with van der Waals surface area (Å²) >= 11 is 0. The highest BCUT2D eigenvalue weighted by atomic mass is 32.2. The summed E-state index contributed by atoms with van der Waals surface area (Å²) in [5.74, 6) is -1.03. The summed E-state index contributed by atoms with van der Waals surface area (Å²) in [7, 11) is -0.947. The predicted molar refractivity (Wildman–Crippen MR) is 75.3 cm³/mol. The van der Waals surface area contributed by atoms with Crippen molar-refractivity contribution in [1.29, 1.82) is 0 Å². The molecule has 0 saturated heterocycles. The molecular weight excluding hydrogens is 266 g/mol. The van der Waals surface area contributed by atoms with E-state index < -0.39 is 16.8 Å². The fourth-order valence-corrected chi connectivity index (χ4v) is 2.44. The normalized spacial score (nSPS) is 14.1. The topological polar surface area (TPSA) is 76.4 Å². The van der Waals surface area contributed by atoms with E-state index in [-0.39, 0.29) is 16.4 Å². The maximum Gasteiger partial charge on any atom is 0.337 e. The van der Waals surface area contributed by atoms with E-state index in [1.54, 1.807) is 20.1 Å². The molecule has 2 unspecified atom stereocenters. The van der Waals surface area contributed by atoms with Crippen molar-refractivity contribution in [3.63, 3.8) is 0 Å². The number of hydrogen-bond acceptors (Lipinski definition) is 3. The molecule has 0 radical (unpaired) electrons. The first-order chi connectivity index (χ1) is 8.75. The highest BCUT2D eigenvalue weighted by molar-refractivity contribution is 7.84. The Hall–Kier alpha value is -1.43. The van der Waals surface area contributed by atoms with Crippen molar-refractivity contribution < 1.29 is 14.1 Å². The van der Waals surface area contributed by atoms with E-state index in [1.807, 2.05) is 6.92 Å². The van der Waals surface area contributed by atoms with Crippen LogP contribution in [-0.4, -0.2) is 31.4 Å². The minimum absolute atomic E-state index is 0.0270. The molecule has 6 heteroatoms. The lowest BCUT2D eigenvalue weighted by Gasteiger charge is -2.15. The number of carboxylic acid groups (broad SMARTS) is 1. The molecule has 1 rings (SSSR count). The van der Waals surface area contributed by atoms with Crippen molar-refractivity contribution in [3.05, 3.63) is 33.2 Å². The van der Waals surface area contributed by atoms with E-state index in [0.29, 0.717) is 24.2 Å². The Morgan fingerprint density at radius 2 is 2.05 bits per heavy atom. The predicted octanol–water partition coefficient (Wildman–Crippen LogP) is 1.32. The van der Waals surface area contributed by atoms with Gasteiger partial charge in [0.25, 0.3) is 5.56 Å². The van der Waals surface area contributed by atoms with Gasteiger partial charge in [-0.1, -0.05) is 6.92 Å². The Morgan fingerprint density at radius 1 is 1.47 bits per heavy atom. The molecule has 1 aromatic rings. The van der Waals surface area contributed by atoms with Crippen molar-refractivity contribution in [1.82, 2.24) is 4.57 Å². The van der Waals surface area contributed by atoms with Gasteiger partial charge in [-0.3, -0.25) is 9.00 Å². The summed E-state index contributed by atoms with van der Waals surface area (Å²) < 4.78 is 12.7. The van der Waals surface area contributed by atoms with Crippen molar-refractivity contribution in [2.45, 2.75) is 39.0 Å². The number of aryl methyl sites for hydroxylation is 1. The number of aromatic nitrogens is 1. The van der Waals surface area contributed by atoms with E-state index in [9.17, 15) is 13.8 Å². The molecule has 19 heavy (non-hydrogen) atoms. The van der Waals surface area contributed by atoms with Crippen molar-refractivity contribution >= 4 is 16.8 Å². The fourth-order valence-electron chi connectivity index (χ4n) is 2.00. The van der Waals surface area contributed by atoms with Crippen LogP contribution >= 0.6 is 0 Å². The molecule has 0 aliphatic rings. The smallest absolute Gasteiger partial charge is 0.337 e. The third-order valence-electron chi connectivity index (χ3n) is 3.31. The maximum atomic E-state index is 11.9. The third-order valence-corrected chi connectivity index (χ3v) is 4.68. The Kier molecular flexibility index (Phi) is 5.05. The van der Waals surface area contributed by atoms with Gasteiger partial charge < -0.3 is 9.67 Å². The van der Waals surface area contributed by atoms with Crippen molar-refractivity contribution in [2.24, 2.45) is 0 Å². The summed E-state index contributed by atoms with van der Waals surface area (Å²) in [6.45, 7) is 5.48. The lowest BCUT2D eigenvalue weighted by atomic mass is 10.1. The van der Waals surface area contributed by atoms with Gasteiger partial charge in [0, 0.05) is 40.6 Å². The van der Waals surface area contributed by atoms with Crippen LogP contribution in [0.3, 0.4) is 0 Å². The van der Waals surface area contributed by atoms with E-state index in [2.05, 4.69) is 0 Å². The van der Waals surface area contributed by atoms with Gasteiger partial charge in [-0.25, -0.2) is 4.79 Å². The first-order valence-corrected chi connectivity index (χ1v) is 7.64. The summed E-state index contributed by atoms with van der Waals surface area (Å²) in [5.41, 5.74) is 0.879. The van der Waals surface area contributed by atoms with Crippen LogP contribution in [0.1, 0.15) is 35.0 Å². The molecule has 1 aromatic heterocycles. The minimum atomic E-state index is -1.03. The second kappa shape index (κ2) is 6.14. The van der Waals surface area contributed by atoms with Crippen molar-refractivity contribution in [2.75, 3.05) is 6.26 Å². The standard InChI is InChI=1S/C13H19NO4S/c1-8-7-11(15)14(6-5-9(2)19(4)18)10(3)12(8)13(16)17/h7,9H,5-6H2,1-4H3,(H,16,17). The van der Waals surface area contributed by atoms with Crippen molar-refractivity contribution in [3.8, 4) is 0 Å². The molecule has 0 spiro atoms. The SMILES string of the molecule is Cc1cc(=O)n(CCC(C)S(C)=O)c(C)c1C(=O)O. The third kappa shape index (κ3) is 3.53. The number of carbonyl (C=O) groups is 1. The number of carboxylic acids is 1. The van der Waals surface area contributed by atoms with Crippen LogP contribution in [-0.2, 0) is 17.3 Å². The quantitative estimate of drug-likeness (QED) is 0.885. The number of rotatable bonds is 5. The number of aromatic carboxylic acids is 1. The first kappa shape index (κ1) is 15.6. The van der Waals surface area contributed by atoms with Crippen LogP contribution < -0.4 is 5.56 Å². The molecule has 0 aromatic carbocycles. The van der Waals surface area contributed by atoms with Gasteiger partial charge in [0.05, 0.1) is 5.56 Å². The zero-order valence-electron chi connectivity index (χ0n) is 11.6. The van der Waals surface area contributed by atoms with Crippen LogP contribution in [0.4, 0.5) is 0 Å². The lowest BCUT2D eigenvalue weighted by Crippen LogP contribution is -2.27. The average molecular weight is 285 g/mol. The van der Waals surface area contributed by atoms with Gasteiger partial charge in [-0.15, -0.1) is 0 Å². The maximum absolute atomic E-state index is 11.9. The Bertz CT molecular complexity index is 577. The fraction of sp³-hybridized carbons (Fsp3) is 0.538. The summed E-state index contributed by atoms with van der Waals surface area (Å²) in [4.78, 5) is 23.1. The highest BCUT2D eigenvalue weighted by Gasteiger charge is 2.16. The summed E-state index contributed by atoms with van der Waals surface area (Å²) in [6, 6.07) is 1.34.